The normalized spacial score (nSPS) is 14.3. The van der Waals surface area contributed by atoms with Crippen LogP contribution in [0, 0.1) is 0 Å². The monoisotopic (exact) mass is 431 g/mol. The zero-order valence-electron chi connectivity index (χ0n) is 16.8. The van der Waals surface area contributed by atoms with Gasteiger partial charge in [0, 0.05) is 18.8 Å². The molecule has 0 atom stereocenters. The second-order valence-corrected chi connectivity index (χ2v) is 8.74. The summed E-state index contributed by atoms with van der Waals surface area (Å²) in [6.07, 6.45) is 1.73. The van der Waals surface area contributed by atoms with Crippen LogP contribution in [0.2, 0.25) is 0 Å². The van der Waals surface area contributed by atoms with Gasteiger partial charge in [-0.3, -0.25) is 4.79 Å². The maximum Gasteiger partial charge on any atom is 0.340 e. The van der Waals surface area contributed by atoms with Crippen LogP contribution in [0.5, 0.6) is 0 Å². The van der Waals surface area contributed by atoms with Gasteiger partial charge < -0.3 is 15.4 Å². The molecule has 0 radical (unpaired) electrons. The van der Waals surface area contributed by atoms with E-state index in [2.05, 4.69) is 10.6 Å². The zero-order valence-corrected chi connectivity index (χ0v) is 17.6. The fraction of sp³-hybridized carbons (Fsp3) is 0.333. The number of ether oxygens (including phenoxy) is 1. The van der Waals surface area contributed by atoms with Crippen LogP contribution in [-0.2, 0) is 19.6 Å². The Morgan fingerprint density at radius 1 is 1.07 bits per heavy atom. The number of hydrogen-bond acceptors (Lipinski definition) is 6. The third-order valence-electron chi connectivity index (χ3n) is 4.69. The summed E-state index contributed by atoms with van der Waals surface area (Å²) < 4.78 is 31.9. The number of esters is 1. The second kappa shape index (κ2) is 9.73. The van der Waals surface area contributed by atoms with Gasteiger partial charge in [0.2, 0.25) is 15.9 Å². The predicted octanol–water partition coefficient (Wildman–Crippen LogP) is 2.70. The lowest BCUT2D eigenvalue weighted by Gasteiger charge is -2.16. The van der Waals surface area contributed by atoms with Crippen molar-refractivity contribution in [2.45, 2.75) is 24.7 Å². The SMILES string of the molecule is CCOC(=O)c1ccccc1NC(=O)CNc1cccc(S(=O)(=O)N2CCCC2)c1. The van der Waals surface area contributed by atoms with E-state index in [1.165, 1.54) is 10.4 Å². The molecule has 160 valence electrons. The Bertz CT molecular complexity index is 1020. The summed E-state index contributed by atoms with van der Waals surface area (Å²) in [7, 11) is -3.53. The minimum absolute atomic E-state index is 0.0929. The number of para-hydroxylation sites is 1. The summed E-state index contributed by atoms with van der Waals surface area (Å²) in [5, 5.41) is 5.61. The van der Waals surface area contributed by atoms with Crippen molar-refractivity contribution in [1.29, 1.82) is 0 Å². The molecule has 1 aliphatic heterocycles. The van der Waals surface area contributed by atoms with E-state index < -0.39 is 16.0 Å². The molecule has 0 bridgehead atoms. The highest BCUT2D eigenvalue weighted by atomic mass is 32.2. The van der Waals surface area contributed by atoms with Gasteiger partial charge in [-0.25, -0.2) is 13.2 Å². The second-order valence-electron chi connectivity index (χ2n) is 6.81. The van der Waals surface area contributed by atoms with Crippen LogP contribution in [-0.4, -0.2) is 50.8 Å². The van der Waals surface area contributed by atoms with E-state index in [4.69, 9.17) is 4.74 Å². The van der Waals surface area contributed by atoms with Crippen molar-refractivity contribution in [2.24, 2.45) is 0 Å². The zero-order chi connectivity index (χ0) is 21.6. The number of benzene rings is 2. The Labute approximate surface area is 176 Å². The Morgan fingerprint density at radius 2 is 1.80 bits per heavy atom. The summed E-state index contributed by atoms with van der Waals surface area (Å²) in [5.41, 5.74) is 1.14. The summed E-state index contributed by atoms with van der Waals surface area (Å²) in [5.74, 6) is -0.888. The molecule has 0 aliphatic carbocycles. The minimum atomic E-state index is -3.53. The van der Waals surface area contributed by atoms with Crippen LogP contribution < -0.4 is 10.6 Å². The van der Waals surface area contributed by atoms with E-state index in [0.29, 0.717) is 24.5 Å². The van der Waals surface area contributed by atoms with Crippen LogP contribution in [0.15, 0.2) is 53.4 Å². The van der Waals surface area contributed by atoms with Gasteiger partial charge in [0.1, 0.15) is 0 Å². The Morgan fingerprint density at radius 3 is 2.53 bits per heavy atom. The van der Waals surface area contributed by atoms with Gasteiger partial charge in [-0.2, -0.15) is 4.31 Å². The molecule has 1 heterocycles. The van der Waals surface area contributed by atoms with Crippen LogP contribution in [0.25, 0.3) is 0 Å². The first kappa shape index (κ1) is 21.8. The lowest BCUT2D eigenvalue weighted by molar-refractivity contribution is -0.114. The number of anilines is 2. The van der Waals surface area contributed by atoms with Crippen molar-refractivity contribution in [3.8, 4) is 0 Å². The van der Waals surface area contributed by atoms with Crippen LogP contribution in [0.3, 0.4) is 0 Å². The van der Waals surface area contributed by atoms with Crippen molar-refractivity contribution >= 4 is 33.3 Å². The van der Waals surface area contributed by atoms with E-state index in [-0.39, 0.29) is 29.5 Å². The van der Waals surface area contributed by atoms with Gasteiger partial charge >= 0.3 is 5.97 Å². The Hall–Kier alpha value is -2.91. The van der Waals surface area contributed by atoms with E-state index in [9.17, 15) is 18.0 Å². The first-order valence-corrected chi connectivity index (χ1v) is 11.3. The third-order valence-corrected chi connectivity index (χ3v) is 6.58. The Kier molecular flexibility index (Phi) is 7.07. The topological polar surface area (TPSA) is 105 Å². The van der Waals surface area contributed by atoms with Gasteiger partial charge in [0.25, 0.3) is 0 Å². The van der Waals surface area contributed by atoms with Crippen molar-refractivity contribution in [3.05, 3.63) is 54.1 Å². The molecule has 0 unspecified atom stereocenters. The summed E-state index contributed by atoms with van der Waals surface area (Å²) >= 11 is 0. The van der Waals surface area contributed by atoms with Gasteiger partial charge in [-0.1, -0.05) is 18.2 Å². The van der Waals surface area contributed by atoms with Crippen LogP contribution in [0.4, 0.5) is 11.4 Å². The highest BCUT2D eigenvalue weighted by molar-refractivity contribution is 7.89. The number of hydrogen-bond donors (Lipinski definition) is 2. The summed E-state index contributed by atoms with van der Waals surface area (Å²) in [6, 6.07) is 13.0. The van der Waals surface area contributed by atoms with E-state index in [1.807, 2.05) is 0 Å². The molecule has 2 aromatic rings. The molecule has 1 amide bonds. The first-order valence-electron chi connectivity index (χ1n) is 9.82. The van der Waals surface area contributed by atoms with Crippen LogP contribution >= 0.6 is 0 Å². The number of nitrogens with zero attached hydrogens (tertiary/aromatic N) is 1. The molecule has 1 fully saturated rings. The van der Waals surface area contributed by atoms with Gasteiger partial charge in [-0.15, -0.1) is 0 Å². The molecule has 0 aromatic heterocycles. The fourth-order valence-corrected chi connectivity index (χ4v) is 4.76. The number of rotatable bonds is 8. The fourth-order valence-electron chi connectivity index (χ4n) is 3.20. The smallest absolute Gasteiger partial charge is 0.340 e. The first-order chi connectivity index (χ1) is 14.4. The lowest BCUT2D eigenvalue weighted by Crippen LogP contribution is -2.28. The molecule has 30 heavy (non-hydrogen) atoms. The molecule has 2 N–H and O–H groups in total. The highest BCUT2D eigenvalue weighted by Crippen LogP contribution is 2.23. The average Bonchev–Trinajstić information content (AvgIpc) is 3.29. The van der Waals surface area contributed by atoms with E-state index >= 15 is 0 Å². The molecule has 0 spiro atoms. The number of amides is 1. The molecule has 9 heteroatoms. The minimum Gasteiger partial charge on any atom is -0.462 e. The van der Waals surface area contributed by atoms with E-state index in [1.54, 1.807) is 49.4 Å². The predicted molar refractivity (Wildman–Crippen MR) is 114 cm³/mol. The van der Waals surface area contributed by atoms with Crippen molar-refractivity contribution < 1.29 is 22.7 Å². The van der Waals surface area contributed by atoms with Gasteiger partial charge in [0.05, 0.1) is 29.3 Å². The largest absolute Gasteiger partial charge is 0.462 e. The average molecular weight is 432 g/mol. The Balaban J connectivity index is 1.64. The molecule has 1 aliphatic rings. The highest BCUT2D eigenvalue weighted by Gasteiger charge is 2.27. The van der Waals surface area contributed by atoms with Crippen molar-refractivity contribution in [3.63, 3.8) is 0 Å². The molecule has 0 saturated carbocycles. The molecule has 3 rings (SSSR count). The quantitative estimate of drug-likeness (QED) is 0.623. The van der Waals surface area contributed by atoms with E-state index in [0.717, 1.165) is 12.8 Å². The lowest BCUT2D eigenvalue weighted by atomic mass is 10.2. The third kappa shape index (κ3) is 5.17. The number of nitrogens with one attached hydrogen (secondary N) is 2. The maximum absolute atomic E-state index is 12.7. The summed E-state index contributed by atoms with van der Waals surface area (Å²) in [6.45, 7) is 2.91. The van der Waals surface area contributed by atoms with Crippen molar-refractivity contribution in [2.75, 3.05) is 36.9 Å². The van der Waals surface area contributed by atoms with Gasteiger partial charge in [-0.05, 0) is 50.1 Å². The summed E-state index contributed by atoms with van der Waals surface area (Å²) in [4.78, 5) is 24.6. The number of carbonyl (C=O) groups excluding carboxylic acids is 2. The molecular formula is C21H25N3O5S. The standard InChI is InChI=1S/C21H25N3O5S/c1-2-29-21(26)18-10-3-4-11-19(18)23-20(25)15-22-16-8-7-9-17(14-16)30(27,28)24-12-5-6-13-24/h3-4,7-11,14,22H,2,5-6,12-13,15H2,1H3,(H,23,25). The molecule has 1 saturated heterocycles. The van der Waals surface area contributed by atoms with Crippen molar-refractivity contribution in [1.82, 2.24) is 4.31 Å². The molecular weight excluding hydrogens is 406 g/mol. The number of carbonyl (C=O) groups is 2. The number of sulfonamides is 1. The molecule has 8 nitrogen and oxygen atoms in total. The van der Waals surface area contributed by atoms with Crippen LogP contribution in [0.1, 0.15) is 30.1 Å². The molecule has 2 aromatic carbocycles. The van der Waals surface area contributed by atoms with Gasteiger partial charge in [0.15, 0.2) is 0 Å². The maximum atomic E-state index is 12.7.